The lowest BCUT2D eigenvalue weighted by Crippen LogP contribution is -2.33. The maximum atomic E-state index is 13.2. The van der Waals surface area contributed by atoms with E-state index in [1.165, 1.54) is 12.3 Å². The predicted molar refractivity (Wildman–Crippen MR) is 89.8 cm³/mol. The molecule has 3 rings (SSSR count). The Balaban J connectivity index is 1.62. The molecule has 144 valence electrons. The molecule has 0 unspecified atom stereocenters. The second kappa shape index (κ2) is 7.47. The van der Waals surface area contributed by atoms with E-state index in [2.05, 4.69) is 10.3 Å². The lowest BCUT2D eigenvalue weighted by Gasteiger charge is -2.19. The van der Waals surface area contributed by atoms with Gasteiger partial charge in [-0.2, -0.15) is 13.2 Å². The molecule has 0 bridgehead atoms. The van der Waals surface area contributed by atoms with Crippen LogP contribution in [0.3, 0.4) is 0 Å². The number of hydrogen-bond acceptors (Lipinski definition) is 5. The molecule has 0 amide bonds. The fraction of sp³-hybridized carbons (Fsp3) is 0.353. The number of anilines is 1. The standard InChI is InChI=1S/C17H16F4N4O2/c18-12-2-1-11(15(7-12)17(19,20)21)8-22-13-5-6-24(10-13)16-4-3-14(9-23-16)25(26)27/h1-4,7,9,13,22H,5-6,8,10H2/t13-/m0/s1. The zero-order valence-corrected chi connectivity index (χ0v) is 14.0. The summed E-state index contributed by atoms with van der Waals surface area (Å²) < 4.78 is 52.3. The van der Waals surface area contributed by atoms with Crippen LogP contribution < -0.4 is 10.2 Å². The minimum Gasteiger partial charge on any atom is -0.355 e. The maximum absolute atomic E-state index is 13.2. The number of pyridine rings is 1. The zero-order valence-electron chi connectivity index (χ0n) is 14.0. The van der Waals surface area contributed by atoms with E-state index in [9.17, 15) is 27.7 Å². The SMILES string of the molecule is O=[N+]([O-])c1ccc(N2CC[C@H](NCc3ccc(F)cc3C(F)(F)F)C2)nc1. The van der Waals surface area contributed by atoms with Crippen molar-refractivity contribution in [2.45, 2.75) is 25.2 Å². The molecular weight excluding hydrogens is 368 g/mol. The van der Waals surface area contributed by atoms with Crippen molar-refractivity contribution in [3.8, 4) is 0 Å². The summed E-state index contributed by atoms with van der Waals surface area (Å²) in [7, 11) is 0. The lowest BCUT2D eigenvalue weighted by molar-refractivity contribution is -0.385. The molecule has 0 aliphatic carbocycles. The first-order valence-electron chi connectivity index (χ1n) is 8.18. The molecule has 1 fully saturated rings. The number of rotatable bonds is 5. The molecule has 27 heavy (non-hydrogen) atoms. The average Bonchev–Trinajstić information content (AvgIpc) is 3.09. The van der Waals surface area contributed by atoms with Crippen molar-refractivity contribution in [2.75, 3.05) is 18.0 Å². The Morgan fingerprint density at radius 3 is 2.70 bits per heavy atom. The first-order valence-corrected chi connectivity index (χ1v) is 8.18. The summed E-state index contributed by atoms with van der Waals surface area (Å²) in [5, 5.41) is 13.7. The molecule has 2 aromatic rings. The molecule has 0 spiro atoms. The summed E-state index contributed by atoms with van der Waals surface area (Å²) in [4.78, 5) is 16.1. The van der Waals surface area contributed by atoms with E-state index in [1.54, 1.807) is 6.07 Å². The third-order valence-corrected chi connectivity index (χ3v) is 4.41. The van der Waals surface area contributed by atoms with Crippen LogP contribution in [0, 0.1) is 15.9 Å². The number of aromatic nitrogens is 1. The van der Waals surface area contributed by atoms with Crippen molar-refractivity contribution in [2.24, 2.45) is 0 Å². The fourth-order valence-electron chi connectivity index (χ4n) is 3.03. The van der Waals surface area contributed by atoms with Crippen molar-refractivity contribution in [3.05, 3.63) is 63.6 Å². The minimum atomic E-state index is -4.62. The molecule has 1 aliphatic rings. The molecule has 1 saturated heterocycles. The highest BCUT2D eigenvalue weighted by molar-refractivity contribution is 5.44. The van der Waals surface area contributed by atoms with Crippen LogP contribution in [-0.4, -0.2) is 29.0 Å². The molecule has 0 saturated carbocycles. The monoisotopic (exact) mass is 384 g/mol. The molecule has 2 heterocycles. The zero-order chi connectivity index (χ0) is 19.6. The van der Waals surface area contributed by atoms with E-state index < -0.39 is 22.5 Å². The molecule has 10 heteroatoms. The molecule has 1 aromatic heterocycles. The Hall–Kier alpha value is -2.75. The van der Waals surface area contributed by atoms with E-state index in [0.717, 1.165) is 12.1 Å². The van der Waals surface area contributed by atoms with Crippen molar-refractivity contribution >= 4 is 11.5 Å². The Morgan fingerprint density at radius 2 is 2.07 bits per heavy atom. The van der Waals surface area contributed by atoms with Crippen LogP contribution in [0.4, 0.5) is 29.1 Å². The summed E-state index contributed by atoms with van der Waals surface area (Å²) in [6, 6.07) is 5.47. The number of benzene rings is 1. The van der Waals surface area contributed by atoms with Gasteiger partial charge in [-0.05, 0) is 30.2 Å². The highest BCUT2D eigenvalue weighted by Gasteiger charge is 2.34. The third-order valence-electron chi connectivity index (χ3n) is 4.41. The van der Waals surface area contributed by atoms with E-state index >= 15 is 0 Å². The van der Waals surface area contributed by atoms with Gasteiger partial charge in [-0.25, -0.2) is 9.37 Å². The van der Waals surface area contributed by atoms with E-state index in [0.29, 0.717) is 31.4 Å². The predicted octanol–water partition coefficient (Wildman–Crippen LogP) is 3.52. The van der Waals surface area contributed by atoms with Gasteiger partial charge in [0.15, 0.2) is 0 Å². The molecule has 1 aliphatic heterocycles. The van der Waals surface area contributed by atoms with Crippen molar-refractivity contribution in [1.82, 2.24) is 10.3 Å². The summed E-state index contributed by atoms with van der Waals surface area (Å²) in [5.74, 6) is -0.356. The second-order valence-electron chi connectivity index (χ2n) is 6.24. The van der Waals surface area contributed by atoms with Gasteiger partial charge in [-0.1, -0.05) is 6.07 Å². The van der Waals surface area contributed by atoms with Gasteiger partial charge in [0.1, 0.15) is 17.8 Å². The van der Waals surface area contributed by atoms with E-state index in [1.807, 2.05) is 4.90 Å². The van der Waals surface area contributed by atoms with E-state index in [-0.39, 0.29) is 23.8 Å². The largest absolute Gasteiger partial charge is 0.416 e. The smallest absolute Gasteiger partial charge is 0.355 e. The second-order valence-corrected chi connectivity index (χ2v) is 6.24. The van der Waals surface area contributed by atoms with Crippen LogP contribution in [0.5, 0.6) is 0 Å². The molecule has 1 aromatic carbocycles. The summed E-state index contributed by atoms with van der Waals surface area (Å²) in [6.45, 7) is 1.09. The van der Waals surface area contributed by atoms with Crippen LogP contribution in [0.15, 0.2) is 36.5 Å². The topological polar surface area (TPSA) is 71.3 Å². The van der Waals surface area contributed by atoms with Crippen molar-refractivity contribution in [3.63, 3.8) is 0 Å². The number of halogens is 4. The highest BCUT2D eigenvalue weighted by Crippen LogP contribution is 2.32. The summed E-state index contributed by atoms with van der Waals surface area (Å²) >= 11 is 0. The molecule has 1 N–H and O–H groups in total. The Labute approximate surface area is 152 Å². The molecular formula is C17H16F4N4O2. The Kier molecular flexibility index (Phi) is 5.26. The Morgan fingerprint density at radius 1 is 1.30 bits per heavy atom. The summed E-state index contributed by atoms with van der Waals surface area (Å²) in [6.07, 6.45) is -2.77. The number of alkyl halides is 3. The first kappa shape index (κ1) is 19.0. The van der Waals surface area contributed by atoms with Gasteiger partial charge in [0, 0.05) is 31.7 Å². The van der Waals surface area contributed by atoms with E-state index in [4.69, 9.17) is 0 Å². The number of nitro groups is 1. The number of nitrogens with zero attached hydrogens (tertiary/aromatic N) is 3. The van der Waals surface area contributed by atoms with Crippen LogP contribution in [0.1, 0.15) is 17.5 Å². The normalized spacial score (nSPS) is 17.3. The van der Waals surface area contributed by atoms with Crippen LogP contribution >= 0.6 is 0 Å². The third kappa shape index (κ3) is 4.51. The number of hydrogen-bond donors (Lipinski definition) is 1. The summed E-state index contributed by atoms with van der Waals surface area (Å²) in [5.41, 5.74) is -1.11. The maximum Gasteiger partial charge on any atom is 0.416 e. The van der Waals surface area contributed by atoms with Gasteiger partial charge in [0.05, 0.1) is 10.5 Å². The van der Waals surface area contributed by atoms with Crippen LogP contribution in [0.25, 0.3) is 0 Å². The van der Waals surface area contributed by atoms with Gasteiger partial charge in [0.25, 0.3) is 5.69 Å². The fourth-order valence-corrected chi connectivity index (χ4v) is 3.03. The van der Waals surface area contributed by atoms with Gasteiger partial charge in [0.2, 0.25) is 0 Å². The minimum absolute atomic E-state index is 0.0178. The van der Waals surface area contributed by atoms with Gasteiger partial charge in [-0.15, -0.1) is 0 Å². The van der Waals surface area contributed by atoms with Gasteiger partial charge in [-0.3, -0.25) is 10.1 Å². The highest BCUT2D eigenvalue weighted by atomic mass is 19.4. The number of nitrogens with one attached hydrogen (secondary N) is 1. The average molecular weight is 384 g/mol. The van der Waals surface area contributed by atoms with Crippen molar-refractivity contribution < 1.29 is 22.5 Å². The molecule has 0 radical (unpaired) electrons. The van der Waals surface area contributed by atoms with Crippen molar-refractivity contribution in [1.29, 1.82) is 0 Å². The Bertz CT molecular complexity index is 827. The van der Waals surface area contributed by atoms with Gasteiger partial charge < -0.3 is 10.2 Å². The van der Waals surface area contributed by atoms with Crippen LogP contribution in [0.2, 0.25) is 0 Å². The molecule has 1 atom stereocenters. The lowest BCUT2D eigenvalue weighted by atomic mass is 10.1. The van der Waals surface area contributed by atoms with Gasteiger partial charge >= 0.3 is 6.18 Å². The first-order chi connectivity index (χ1) is 12.7. The molecule has 6 nitrogen and oxygen atoms in total. The van der Waals surface area contributed by atoms with Crippen LogP contribution in [-0.2, 0) is 12.7 Å². The quantitative estimate of drug-likeness (QED) is 0.485.